The standard InChI is InChI=1S/C9H9N3O2S2/c13-16(14,7-3-4-7)12-6-10-9(11-12)8-2-1-5-15-8/h1-2,5-7H,3-4H2. The van der Waals surface area contributed by atoms with Crippen molar-refractivity contribution in [1.29, 1.82) is 0 Å². The molecule has 84 valence electrons. The van der Waals surface area contributed by atoms with Crippen molar-refractivity contribution in [2.45, 2.75) is 18.1 Å². The van der Waals surface area contributed by atoms with Crippen molar-refractivity contribution in [3.63, 3.8) is 0 Å². The van der Waals surface area contributed by atoms with Crippen molar-refractivity contribution in [3.05, 3.63) is 23.8 Å². The highest BCUT2D eigenvalue weighted by atomic mass is 32.2. The summed E-state index contributed by atoms with van der Waals surface area (Å²) in [6.07, 6.45) is 2.75. The Hall–Kier alpha value is -1.21. The summed E-state index contributed by atoms with van der Waals surface area (Å²) in [6.45, 7) is 0. The Bertz CT molecular complexity index is 596. The first kappa shape index (κ1) is 9.98. The van der Waals surface area contributed by atoms with Crippen molar-refractivity contribution < 1.29 is 8.42 Å². The van der Waals surface area contributed by atoms with Gasteiger partial charge in [0.1, 0.15) is 6.33 Å². The van der Waals surface area contributed by atoms with Gasteiger partial charge in [-0.3, -0.25) is 0 Å². The molecule has 0 atom stereocenters. The number of rotatable bonds is 3. The second kappa shape index (κ2) is 3.39. The quantitative estimate of drug-likeness (QED) is 0.830. The van der Waals surface area contributed by atoms with Gasteiger partial charge in [-0.1, -0.05) is 6.07 Å². The van der Waals surface area contributed by atoms with E-state index in [4.69, 9.17) is 0 Å². The minimum Gasteiger partial charge on any atom is -0.213 e. The summed E-state index contributed by atoms with van der Waals surface area (Å²) in [5.41, 5.74) is 0. The number of hydrogen-bond acceptors (Lipinski definition) is 5. The lowest BCUT2D eigenvalue weighted by molar-refractivity contribution is 0.578. The van der Waals surface area contributed by atoms with Crippen LogP contribution in [0.15, 0.2) is 23.8 Å². The smallest absolute Gasteiger partial charge is 0.213 e. The Kier molecular flexibility index (Phi) is 2.11. The lowest BCUT2D eigenvalue weighted by Crippen LogP contribution is -2.17. The lowest BCUT2D eigenvalue weighted by atomic mass is 10.5. The molecule has 16 heavy (non-hydrogen) atoms. The molecule has 0 amide bonds. The van der Waals surface area contributed by atoms with Crippen molar-refractivity contribution >= 4 is 21.4 Å². The first-order valence-electron chi connectivity index (χ1n) is 4.88. The van der Waals surface area contributed by atoms with Crippen LogP contribution in [0.25, 0.3) is 10.7 Å². The van der Waals surface area contributed by atoms with Gasteiger partial charge in [0.25, 0.3) is 10.0 Å². The first-order chi connectivity index (χ1) is 7.68. The van der Waals surface area contributed by atoms with Gasteiger partial charge in [-0.2, -0.15) is 0 Å². The summed E-state index contributed by atoms with van der Waals surface area (Å²) in [5, 5.41) is 5.66. The van der Waals surface area contributed by atoms with Crippen LogP contribution >= 0.6 is 11.3 Å². The van der Waals surface area contributed by atoms with Crippen LogP contribution in [-0.4, -0.2) is 27.8 Å². The van der Waals surface area contributed by atoms with E-state index in [0.29, 0.717) is 5.82 Å². The van der Waals surface area contributed by atoms with Crippen LogP contribution in [0.4, 0.5) is 0 Å². The third-order valence-corrected chi connectivity index (χ3v) is 5.30. The number of thiophene rings is 1. The highest BCUT2D eigenvalue weighted by Gasteiger charge is 2.38. The largest absolute Gasteiger partial charge is 0.258 e. The SMILES string of the molecule is O=S(=O)(C1CC1)n1cnc(-c2cccs2)n1. The molecule has 3 rings (SSSR count). The molecule has 0 saturated heterocycles. The zero-order valence-electron chi connectivity index (χ0n) is 8.28. The molecular formula is C9H9N3O2S2. The molecule has 1 fully saturated rings. The van der Waals surface area contributed by atoms with E-state index in [1.165, 1.54) is 17.7 Å². The molecule has 2 aromatic heterocycles. The molecule has 0 N–H and O–H groups in total. The molecule has 0 spiro atoms. The Morgan fingerprint density at radius 2 is 2.25 bits per heavy atom. The fourth-order valence-electron chi connectivity index (χ4n) is 1.41. The van der Waals surface area contributed by atoms with Gasteiger partial charge >= 0.3 is 0 Å². The fourth-order valence-corrected chi connectivity index (χ4v) is 3.48. The van der Waals surface area contributed by atoms with E-state index in [0.717, 1.165) is 21.8 Å². The topological polar surface area (TPSA) is 64.8 Å². The summed E-state index contributed by atoms with van der Waals surface area (Å²) < 4.78 is 24.7. The lowest BCUT2D eigenvalue weighted by Gasteiger charge is -1.98. The van der Waals surface area contributed by atoms with Gasteiger partial charge in [-0.25, -0.2) is 13.4 Å². The maximum atomic E-state index is 11.8. The summed E-state index contributed by atoms with van der Waals surface area (Å²) in [4.78, 5) is 4.90. The Morgan fingerprint density at radius 1 is 1.44 bits per heavy atom. The zero-order chi connectivity index (χ0) is 11.2. The number of nitrogens with zero attached hydrogens (tertiary/aromatic N) is 3. The van der Waals surface area contributed by atoms with E-state index < -0.39 is 10.0 Å². The maximum absolute atomic E-state index is 11.8. The van der Waals surface area contributed by atoms with E-state index in [9.17, 15) is 8.42 Å². The molecule has 2 aromatic rings. The van der Waals surface area contributed by atoms with Crippen LogP contribution in [0.5, 0.6) is 0 Å². The van der Waals surface area contributed by atoms with Crippen molar-refractivity contribution in [3.8, 4) is 10.7 Å². The number of hydrogen-bond donors (Lipinski definition) is 0. The molecular weight excluding hydrogens is 246 g/mol. The second-order valence-corrected chi connectivity index (χ2v) is 6.68. The monoisotopic (exact) mass is 255 g/mol. The summed E-state index contributed by atoms with van der Waals surface area (Å²) in [6, 6.07) is 3.75. The molecule has 0 aromatic carbocycles. The normalized spacial score (nSPS) is 16.5. The van der Waals surface area contributed by atoms with Crippen LogP contribution in [-0.2, 0) is 10.0 Å². The summed E-state index contributed by atoms with van der Waals surface area (Å²) in [7, 11) is -3.29. The van der Waals surface area contributed by atoms with Crippen LogP contribution in [0.2, 0.25) is 0 Å². The molecule has 0 unspecified atom stereocenters. The van der Waals surface area contributed by atoms with Crippen molar-refractivity contribution in [1.82, 2.24) is 14.2 Å². The fraction of sp³-hybridized carbons (Fsp3) is 0.333. The highest BCUT2D eigenvalue weighted by Crippen LogP contribution is 2.30. The summed E-state index contributed by atoms with van der Waals surface area (Å²) >= 11 is 1.49. The maximum Gasteiger partial charge on any atom is 0.258 e. The Morgan fingerprint density at radius 3 is 2.88 bits per heavy atom. The number of aromatic nitrogens is 3. The Balaban J connectivity index is 2.00. The van der Waals surface area contributed by atoms with E-state index in [-0.39, 0.29) is 5.25 Å². The minimum absolute atomic E-state index is 0.259. The average Bonchev–Trinajstić information content (AvgIpc) is 2.82. The molecule has 5 nitrogen and oxygen atoms in total. The van der Waals surface area contributed by atoms with Gasteiger partial charge < -0.3 is 0 Å². The van der Waals surface area contributed by atoms with E-state index in [1.54, 1.807) is 0 Å². The molecule has 0 radical (unpaired) electrons. The zero-order valence-corrected chi connectivity index (χ0v) is 9.91. The predicted molar refractivity (Wildman–Crippen MR) is 60.7 cm³/mol. The third kappa shape index (κ3) is 1.56. The van der Waals surface area contributed by atoms with Crippen molar-refractivity contribution in [2.75, 3.05) is 0 Å². The van der Waals surface area contributed by atoms with Crippen LogP contribution in [0, 0.1) is 0 Å². The predicted octanol–water partition coefficient (Wildman–Crippen LogP) is 1.35. The molecule has 1 aliphatic carbocycles. The van der Waals surface area contributed by atoms with Crippen LogP contribution < -0.4 is 0 Å². The minimum atomic E-state index is -3.29. The van der Waals surface area contributed by atoms with Crippen molar-refractivity contribution in [2.24, 2.45) is 0 Å². The van der Waals surface area contributed by atoms with Crippen LogP contribution in [0.1, 0.15) is 12.8 Å². The van der Waals surface area contributed by atoms with Gasteiger partial charge in [0.2, 0.25) is 0 Å². The van der Waals surface area contributed by atoms with Gasteiger partial charge in [0.15, 0.2) is 5.82 Å². The van der Waals surface area contributed by atoms with E-state index in [2.05, 4.69) is 10.1 Å². The second-order valence-electron chi connectivity index (χ2n) is 3.66. The van der Waals surface area contributed by atoms with Gasteiger partial charge in [0.05, 0.1) is 10.1 Å². The van der Waals surface area contributed by atoms with E-state index >= 15 is 0 Å². The van der Waals surface area contributed by atoms with Gasteiger partial charge in [0, 0.05) is 0 Å². The average molecular weight is 255 g/mol. The van der Waals surface area contributed by atoms with Gasteiger partial charge in [-0.05, 0) is 24.3 Å². The molecule has 0 aliphatic heterocycles. The molecule has 1 saturated carbocycles. The van der Waals surface area contributed by atoms with Gasteiger partial charge in [-0.15, -0.1) is 20.5 Å². The third-order valence-electron chi connectivity index (χ3n) is 2.42. The molecule has 0 bridgehead atoms. The van der Waals surface area contributed by atoms with Crippen LogP contribution in [0.3, 0.4) is 0 Å². The summed E-state index contributed by atoms with van der Waals surface area (Å²) in [5.74, 6) is 0.472. The Labute approximate surface area is 96.8 Å². The first-order valence-corrected chi connectivity index (χ1v) is 7.26. The molecule has 1 aliphatic rings. The van der Waals surface area contributed by atoms with E-state index in [1.807, 2.05) is 17.5 Å². The highest BCUT2D eigenvalue weighted by molar-refractivity contribution is 7.90. The molecule has 2 heterocycles. The molecule has 7 heteroatoms.